The van der Waals surface area contributed by atoms with Gasteiger partial charge in [0, 0.05) is 17.7 Å². The van der Waals surface area contributed by atoms with Crippen molar-refractivity contribution in [1.82, 2.24) is 4.98 Å². The van der Waals surface area contributed by atoms with Crippen molar-refractivity contribution in [2.45, 2.75) is 32.6 Å². The Balaban J connectivity index is 1.97. The van der Waals surface area contributed by atoms with Crippen molar-refractivity contribution in [3.8, 4) is 0 Å². The number of hydrogen-bond acceptors (Lipinski definition) is 3. The number of carbonyl (C=O) groups excluding carboxylic acids is 2. The molecule has 1 aromatic carbocycles. The number of esters is 1. The fourth-order valence-corrected chi connectivity index (χ4v) is 3.21. The fourth-order valence-electron chi connectivity index (χ4n) is 3.21. The Morgan fingerprint density at radius 3 is 2.50 bits per heavy atom. The third-order valence-corrected chi connectivity index (χ3v) is 4.43. The molecule has 0 amide bonds. The smallest absolute Gasteiger partial charge is 0.354 e. The van der Waals surface area contributed by atoms with Gasteiger partial charge in [0.25, 0.3) is 0 Å². The van der Waals surface area contributed by atoms with Gasteiger partial charge in [-0.25, -0.2) is 4.79 Å². The van der Waals surface area contributed by atoms with Gasteiger partial charge >= 0.3 is 5.97 Å². The Kier molecular flexibility index (Phi) is 3.61. The monoisotopic (exact) mass is 297 g/mol. The van der Waals surface area contributed by atoms with Crippen LogP contribution in [0.3, 0.4) is 0 Å². The third kappa shape index (κ3) is 2.34. The topological polar surface area (TPSA) is 59.2 Å². The molecule has 1 aliphatic rings. The summed E-state index contributed by atoms with van der Waals surface area (Å²) in [5, 5.41) is 0. The van der Waals surface area contributed by atoms with Crippen molar-refractivity contribution >= 4 is 11.8 Å². The summed E-state index contributed by atoms with van der Waals surface area (Å²) >= 11 is 0. The van der Waals surface area contributed by atoms with Crippen LogP contribution >= 0.6 is 0 Å². The molecule has 0 aliphatic heterocycles. The first-order valence-electron chi connectivity index (χ1n) is 7.40. The van der Waals surface area contributed by atoms with Crippen LogP contribution in [-0.2, 0) is 11.2 Å². The van der Waals surface area contributed by atoms with Crippen LogP contribution in [0.25, 0.3) is 0 Å². The van der Waals surface area contributed by atoms with E-state index in [2.05, 4.69) is 29.2 Å². The fraction of sp³-hybridized carbons (Fsp3) is 0.333. The Morgan fingerprint density at radius 1 is 1.18 bits per heavy atom. The van der Waals surface area contributed by atoms with E-state index >= 15 is 0 Å². The average molecular weight is 297 g/mol. The molecule has 2 aromatic rings. The van der Waals surface area contributed by atoms with Crippen molar-refractivity contribution in [1.29, 1.82) is 0 Å². The number of aryl methyl sites for hydroxylation is 1. The summed E-state index contributed by atoms with van der Waals surface area (Å²) < 4.78 is 4.77. The molecule has 0 bridgehead atoms. The van der Waals surface area contributed by atoms with Gasteiger partial charge in [-0.15, -0.1) is 0 Å². The Hall–Kier alpha value is -2.36. The molecule has 1 N–H and O–H groups in total. The van der Waals surface area contributed by atoms with Crippen molar-refractivity contribution in [3.63, 3.8) is 0 Å². The van der Waals surface area contributed by atoms with E-state index < -0.39 is 5.97 Å². The van der Waals surface area contributed by atoms with Crippen LogP contribution in [-0.4, -0.2) is 23.8 Å². The van der Waals surface area contributed by atoms with Crippen LogP contribution in [0.15, 0.2) is 24.3 Å². The van der Waals surface area contributed by atoms with E-state index in [0.29, 0.717) is 23.2 Å². The van der Waals surface area contributed by atoms with E-state index in [-0.39, 0.29) is 11.7 Å². The number of Topliss-reactive ketones (excluding diaryl/α,β-unsaturated/α-hetero) is 1. The maximum absolute atomic E-state index is 12.5. The number of nitrogens with one attached hydrogen (secondary N) is 1. The zero-order valence-corrected chi connectivity index (χ0v) is 13.0. The average Bonchev–Trinajstić information content (AvgIpc) is 2.84. The number of aromatic amines is 1. The molecule has 4 nitrogen and oxygen atoms in total. The van der Waals surface area contributed by atoms with Gasteiger partial charge in [0.15, 0.2) is 5.78 Å². The molecule has 0 spiro atoms. The van der Waals surface area contributed by atoms with Gasteiger partial charge in [0.2, 0.25) is 0 Å². The van der Waals surface area contributed by atoms with Crippen LogP contribution in [0.4, 0.5) is 0 Å². The van der Waals surface area contributed by atoms with E-state index in [4.69, 9.17) is 4.74 Å². The lowest BCUT2D eigenvalue weighted by Crippen LogP contribution is -2.18. The molecular weight excluding hydrogens is 278 g/mol. The second-order valence-corrected chi connectivity index (χ2v) is 5.91. The number of hydrogen-bond donors (Lipinski definition) is 1. The molecule has 0 saturated heterocycles. The highest BCUT2D eigenvalue weighted by Crippen LogP contribution is 2.35. The number of benzene rings is 1. The summed E-state index contributed by atoms with van der Waals surface area (Å²) in [5.74, 6) is -0.175. The number of methoxy groups -OCH3 is 1. The number of fused-ring (bicyclic) bond motifs is 1. The minimum absolute atomic E-state index is 0.0933. The predicted octanol–water partition coefficient (Wildman–Crippen LogP) is 3.33. The van der Waals surface area contributed by atoms with E-state index in [1.807, 2.05) is 6.92 Å². The number of ether oxygens (including phenoxy) is 1. The van der Waals surface area contributed by atoms with Crippen LogP contribution in [0.5, 0.6) is 0 Å². The van der Waals surface area contributed by atoms with Crippen molar-refractivity contribution in [2.75, 3.05) is 7.11 Å². The van der Waals surface area contributed by atoms with Crippen molar-refractivity contribution in [2.24, 2.45) is 0 Å². The zero-order chi connectivity index (χ0) is 15.9. The van der Waals surface area contributed by atoms with Gasteiger partial charge in [-0.1, -0.05) is 29.8 Å². The van der Waals surface area contributed by atoms with Gasteiger partial charge in [-0.2, -0.15) is 0 Å². The number of ketones is 1. The van der Waals surface area contributed by atoms with Gasteiger partial charge in [0.1, 0.15) is 5.69 Å². The summed E-state index contributed by atoms with van der Waals surface area (Å²) in [5.41, 5.74) is 4.98. The first-order chi connectivity index (χ1) is 10.5. The number of rotatable bonds is 2. The molecule has 1 heterocycles. The maximum Gasteiger partial charge on any atom is 0.354 e. The summed E-state index contributed by atoms with van der Waals surface area (Å²) in [6, 6.07) is 8.29. The minimum atomic E-state index is -0.424. The molecular formula is C18H19NO3. The van der Waals surface area contributed by atoms with E-state index in [0.717, 1.165) is 17.7 Å². The van der Waals surface area contributed by atoms with E-state index in [1.165, 1.54) is 12.7 Å². The first kappa shape index (κ1) is 14.6. The largest absolute Gasteiger partial charge is 0.464 e. The van der Waals surface area contributed by atoms with E-state index in [1.54, 1.807) is 6.92 Å². The third-order valence-electron chi connectivity index (χ3n) is 4.43. The van der Waals surface area contributed by atoms with E-state index in [9.17, 15) is 9.59 Å². The molecule has 4 heteroatoms. The normalized spacial score (nSPS) is 17.2. The number of aromatic nitrogens is 1. The second kappa shape index (κ2) is 5.44. The van der Waals surface area contributed by atoms with Gasteiger partial charge in [-0.3, -0.25) is 4.79 Å². The van der Waals surface area contributed by atoms with Crippen LogP contribution in [0.2, 0.25) is 0 Å². The SMILES string of the molecule is COC(=O)c1[nH]c2c(c1C)C(=O)C[C@H](c1ccc(C)cc1)C2. The Bertz CT molecular complexity index is 740. The summed E-state index contributed by atoms with van der Waals surface area (Å²) in [7, 11) is 1.35. The molecule has 1 atom stereocenters. The predicted molar refractivity (Wildman–Crippen MR) is 83.4 cm³/mol. The molecule has 1 aliphatic carbocycles. The molecule has 3 rings (SSSR count). The zero-order valence-electron chi connectivity index (χ0n) is 13.0. The first-order valence-corrected chi connectivity index (χ1v) is 7.40. The van der Waals surface area contributed by atoms with Crippen LogP contribution in [0.1, 0.15) is 55.6 Å². The summed E-state index contributed by atoms with van der Waals surface area (Å²) in [6.45, 7) is 3.84. The highest BCUT2D eigenvalue weighted by Gasteiger charge is 2.32. The highest BCUT2D eigenvalue weighted by atomic mass is 16.5. The molecule has 0 unspecified atom stereocenters. The summed E-state index contributed by atoms with van der Waals surface area (Å²) in [4.78, 5) is 27.4. The van der Waals surface area contributed by atoms with Gasteiger partial charge in [-0.05, 0) is 37.3 Å². The van der Waals surface area contributed by atoms with Crippen molar-refractivity contribution < 1.29 is 14.3 Å². The lowest BCUT2D eigenvalue weighted by molar-refractivity contribution is 0.0593. The molecule has 0 fully saturated rings. The maximum atomic E-state index is 12.5. The van der Waals surface area contributed by atoms with Crippen molar-refractivity contribution in [3.05, 3.63) is 57.9 Å². The molecule has 0 radical (unpaired) electrons. The standard InChI is InChI=1S/C18H19NO3/c1-10-4-6-12(7-5-10)13-8-14-16(15(20)9-13)11(2)17(19-14)18(21)22-3/h4-7,13,19H,8-9H2,1-3H3/t13-/m1/s1. The van der Waals surface area contributed by atoms with Gasteiger partial charge < -0.3 is 9.72 Å². The minimum Gasteiger partial charge on any atom is -0.464 e. The van der Waals surface area contributed by atoms with Gasteiger partial charge in [0.05, 0.1) is 7.11 Å². The second-order valence-electron chi connectivity index (χ2n) is 5.91. The Labute approximate surface area is 129 Å². The molecule has 114 valence electrons. The molecule has 1 aromatic heterocycles. The lowest BCUT2D eigenvalue weighted by Gasteiger charge is -2.22. The molecule has 22 heavy (non-hydrogen) atoms. The van der Waals surface area contributed by atoms with Crippen LogP contribution in [0, 0.1) is 13.8 Å². The Morgan fingerprint density at radius 2 is 1.86 bits per heavy atom. The quantitative estimate of drug-likeness (QED) is 0.865. The number of H-pyrrole nitrogens is 1. The van der Waals surface area contributed by atoms with Crippen LogP contribution < -0.4 is 0 Å². The number of carbonyl (C=O) groups is 2. The summed E-state index contributed by atoms with van der Waals surface area (Å²) in [6.07, 6.45) is 1.22. The lowest BCUT2D eigenvalue weighted by atomic mass is 9.81. The molecule has 0 saturated carbocycles. The highest BCUT2D eigenvalue weighted by molar-refractivity contribution is 6.03.